The molecule has 0 amide bonds. The topological polar surface area (TPSA) is 102 Å². The molecule has 0 aromatic heterocycles. The van der Waals surface area contributed by atoms with Crippen LogP contribution in [0.5, 0.6) is 17.2 Å². The maximum atomic E-state index is 10.3. The summed E-state index contributed by atoms with van der Waals surface area (Å²) in [5.74, 6) is -0.0359. The van der Waals surface area contributed by atoms with Crippen molar-refractivity contribution in [3.63, 3.8) is 0 Å². The number of aromatic hydroxyl groups is 3. The van der Waals surface area contributed by atoms with Gasteiger partial charge in [-0.15, -0.1) is 0 Å². The number of nitrogens with one attached hydrogen (secondary N) is 2. The van der Waals surface area contributed by atoms with Gasteiger partial charge in [0.25, 0.3) is 0 Å². The van der Waals surface area contributed by atoms with Crippen molar-refractivity contribution >= 4 is 23.3 Å². The molecule has 0 unspecified atom stereocenters. The molecule has 0 saturated carbocycles. The molecular formula is C14H14N2O4. The third kappa shape index (κ3) is 3.11. The number of phenols is 3. The highest BCUT2D eigenvalue weighted by atomic mass is 16.3. The summed E-state index contributed by atoms with van der Waals surface area (Å²) in [6.07, 6.45) is 0.652. The Kier molecular flexibility index (Phi) is 3.95. The molecule has 0 aliphatic heterocycles. The fourth-order valence-corrected chi connectivity index (χ4v) is 1.67. The van der Waals surface area contributed by atoms with Crippen molar-refractivity contribution in [3.8, 4) is 17.2 Å². The Morgan fingerprint density at radius 1 is 0.950 bits per heavy atom. The molecule has 0 saturated heterocycles. The second-order valence-corrected chi connectivity index (χ2v) is 4.11. The van der Waals surface area contributed by atoms with Crippen LogP contribution in [-0.4, -0.2) is 28.2 Å². The summed E-state index contributed by atoms with van der Waals surface area (Å²) in [7, 11) is 0. The minimum atomic E-state index is -0.0917. The van der Waals surface area contributed by atoms with Gasteiger partial charge in [0, 0.05) is 17.8 Å². The summed E-state index contributed by atoms with van der Waals surface area (Å²) >= 11 is 0. The van der Waals surface area contributed by atoms with E-state index in [1.165, 1.54) is 24.3 Å². The molecule has 0 spiro atoms. The fourth-order valence-electron chi connectivity index (χ4n) is 1.67. The Morgan fingerprint density at radius 3 is 2.20 bits per heavy atom. The lowest BCUT2D eigenvalue weighted by molar-refractivity contribution is -0.106. The quantitative estimate of drug-likeness (QED) is 0.325. The zero-order valence-electron chi connectivity index (χ0n) is 10.5. The molecule has 0 bridgehead atoms. The molecule has 6 heteroatoms. The van der Waals surface area contributed by atoms with Crippen LogP contribution in [0.2, 0.25) is 0 Å². The van der Waals surface area contributed by atoms with E-state index in [1.807, 2.05) is 0 Å². The van der Waals surface area contributed by atoms with E-state index in [1.54, 1.807) is 12.1 Å². The number of aldehydes is 1. The van der Waals surface area contributed by atoms with Crippen molar-refractivity contribution in [2.24, 2.45) is 0 Å². The Morgan fingerprint density at radius 2 is 1.55 bits per heavy atom. The van der Waals surface area contributed by atoms with Crippen LogP contribution in [0, 0.1) is 0 Å². The lowest BCUT2D eigenvalue weighted by atomic mass is 10.2. The SMILES string of the molecule is O=CCNc1cc(O)c(Nc2ccc(O)cc2)cc1O. The molecule has 2 aromatic carbocycles. The molecule has 0 atom stereocenters. The second kappa shape index (κ2) is 5.83. The van der Waals surface area contributed by atoms with E-state index in [0.717, 1.165) is 0 Å². The summed E-state index contributed by atoms with van der Waals surface area (Å²) in [6, 6.07) is 8.92. The van der Waals surface area contributed by atoms with E-state index < -0.39 is 0 Å². The standard InChI is InChI=1S/C14H14N2O4/c17-6-5-15-11-7-14(20)12(8-13(11)19)16-9-1-3-10(18)4-2-9/h1-4,6-8,15-16,18-20H,5H2. The first kappa shape index (κ1) is 13.5. The first-order chi connectivity index (χ1) is 9.60. The van der Waals surface area contributed by atoms with E-state index >= 15 is 0 Å². The van der Waals surface area contributed by atoms with Gasteiger partial charge in [0.1, 0.15) is 23.5 Å². The van der Waals surface area contributed by atoms with Gasteiger partial charge >= 0.3 is 0 Å². The highest BCUT2D eigenvalue weighted by Crippen LogP contribution is 2.36. The predicted octanol–water partition coefficient (Wildman–Crippen LogP) is 2.16. The third-order valence-corrected chi connectivity index (χ3v) is 2.64. The summed E-state index contributed by atoms with van der Waals surface area (Å²) in [5, 5.41) is 34.4. The number of rotatable bonds is 5. The average molecular weight is 274 g/mol. The minimum Gasteiger partial charge on any atom is -0.508 e. The molecule has 6 nitrogen and oxygen atoms in total. The van der Waals surface area contributed by atoms with Gasteiger partial charge in [0.15, 0.2) is 0 Å². The van der Waals surface area contributed by atoms with Gasteiger partial charge in [-0.3, -0.25) is 0 Å². The average Bonchev–Trinajstić information content (AvgIpc) is 2.43. The highest BCUT2D eigenvalue weighted by molar-refractivity contribution is 5.75. The van der Waals surface area contributed by atoms with Crippen LogP contribution in [0.3, 0.4) is 0 Å². The molecule has 104 valence electrons. The zero-order valence-corrected chi connectivity index (χ0v) is 10.5. The number of phenolic OH excluding ortho intramolecular Hbond substituents is 3. The number of anilines is 3. The number of hydrogen-bond donors (Lipinski definition) is 5. The third-order valence-electron chi connectivity index (χ3n) is 2.64. The van der Waals surface area contributed by atoms with Gasteiger partial charge in [0.2, 0.25) is 0 Å². The van der Waals surface area contributed by atoms with Gasteiger partial charge in [-0.05, 0) is 24.3 Å². The summed E-state index contributed by atoms with van der Waals surface area (Å²) in [4.78, 5) is 10.3. The van der Waals surface area contributed by atoms with Gasteiger partial charge in [-0.25, -0.2) is 0 Å². The van der Waals surface area contributed by atoms with E-state index in [2.05, 4.69) is 10.6 Å². The number of carbonyl (C=O) groups is 1. The van der Waals surface area contributed by atoms with E-state index in [4.69, 9.17) is 0 Å². The summed E-state index contributed by atoms with van der Waals surface area (Å²) in [5.41, 5.74) is 1.22. The largest absolute Gasteiger partial charge is 0.508 e. The normalized spacial score (nSPS) is 10.0. The van der Waals surface area contributed by atoms with Crippen LogP contribution in [-0.2, 0) is 4.79 Å². The predicted molar refractivity (Wildman–Crippen MR) is 75.7 cm³/mol. The summed E-state index contributed by atoms with van der Waals surface area (Å²) in [6.45, 7) is 0.0394. The van der Waals surface area contributed by atoms with Crippen molar-refractivity contribution in [3.05, 3.63) is 36.4 Å². The molecular weight excluding hydrogens is 260 g/mol. The maximum Gasteiger partial charge on any atom is 0.141 e. The van der Waals surface area contributed by atoms with Crippen LogP contribution in [0.1, 0.15) is 0 Å². The first-order valence-corrected chi connectivity index (χ1v) is 5.89. The molecule has 0 aliphatic carbocycles. The molecule has 2 aromatic rings. The van der Waals surface area contributed by atoms with Crippen LogP contribution >= 0.6 is 0 Å². The van der Waals surface area contributed by atoms with E-state index in [-0.39, 0.29) is 29.5 Å². The Bertz CT molecular complexity index is 611. The Balaban J connectivity index is 2.22. The summed E-state index contributed by atoms with van der Waals surface area (Å²) < 4.78 is 0. The monoisotopic (exact) mass is 274 g/mol. The number of benzene rings is 2. The first-order valence-electron chi connectivity index (χ1n) is 5.89. The van der Waals surface area contributed by atoms with Gasteiger partial charge in [-0.1, -0.05) is 0 Å². The van der Waals surface area contributed by atoms with Crippen LogP contribution in [0.4, 0.5) is 17.1 Å². The van der Waals surface area contributed by atoms with Crippen molar-refractivity contribution in [1.29, 1.82) is 0 Å². The van der Waals surface area contributed by atoms with Crippen LogP contribution in [0.25, 0.3) is 0 Å². The van der Waals surface area contributed by atoms with Crippen molar-refractivity contribution in [2.45, 2.75) is 0 Å². The Hall–Kier alpha value is -2.89. The Labute approximate surface area is 115 Å². The molecule has 0 fully saturated rings. The van der Waals surface area contributed by atoms with E-state index in [0.29, 0.717) is 17.7 Å². The molecule has 0 heterocycles. The van der Waals surface area contributed by atoms with E-state index in [9.17, 15) is 20.1 Å². The van der Waals surface area contributed by atoms with Gasteiger partial charge < -0.3 is 30.7 Å². The maximum absolute atomic E-state index is 10.3. The lowest BCUT2D eigenvalue weighted by Gasteiger charge is -2.12. The number of hydrogen-bond acceptors (Lipinski definition) is 6. The molecule has 2 rings (SSSR count). The van der Waals surface area contributed by atoms with Crippen LogP contribution < -0.4 is 10.6 Å². The molecule has 20 heavy (non-hydrogen) atoms. The zero-order chi connectivity index (χ0) is 14.5. The van der Waals surface area contributed by atoms with Crippen LogP contribution in [0.15, 0.2) is 36.4 Å². The molecule has 0 radical (unpaired) electrons. The van der Waals surface area contributed by atoms with Crippen molar-refractivity contribution < 1.29 is 20.1 Å². The minimum absolute atomic E-state index is 0.0394. The smallest absolute Gasteiger partial charge is 0.141 e. The molecule has 0 aliphatic rings. The van der Waals surface area contributed by atoms with Crippen molar-refractivity contribution in [2.75, 3.05) is 17.2 Å². The van der Waals surface area contributed by atoms with Gasteiger partial charge in [-0.2, -0.15) is 0 Å². The second-order valence-electron chi connectivity index (χ2n) is 4.11. The van der Waals surface area contributed by atoms with Crippen molar-refractivity contribution in [1.82, 2.24) is 0 Å². The lowest BCUT2D eigenvalue weighted by Crippen LogP contribution is -2.02. The van der Waals surface area contributed by atoms with Gasteiger partial charge in [0.05, 0.1) is 17.9 Å². The number of carbonyl (C=O) groups excluding carboxylic acids is 1. The molecule has 5 N–H and O–H groups in total. The highest BCUT2D eigenvalue weighted by Gasteiger charge is 2.08. The fraction of sp³-hybridized carbons (Fsp3) is 0.0714.